The Kier molecular flexibility index (Phi) is 5.35. The van der Waals surface area contributed by atoms with E-state index in [4.69, 9.17) is 9.47 Å². The molecule has 0 aromatic heterocycles. The second kappa shape index (κ2) is 7.55. The van der Waals surface area contributed by atoms with Crippen LogP contribution >= 0.6 is 0 Å². The molecule has 3 rings (SSSR count). The summed E-state index contributed by atoms with van der Waals surface area (Å²) in [7, 11) is 0. The number of nitrogens with zero attached hydrogens (tertiary/aromatic N) is 1. The standard InChI is InChI=1S/C21H23F2NO3/c1-21(2,3)27-20(25)24-10-9-14-7-8-16(11-15(14)12-24)26-13-17-18(22)5-4-6-19(17)23/h4-8,11H,9-10,12-13H2,1-3H3. The van der Waals surface area contributed by atoms with E-state index >= 15 is 0 Å². The molecule has 0 bridgehead atoms. The average Bonchev–Trinajstić information content (AvgIpc) is 2.59. The zero-order chi connectivity index (χ0) is 19.6. The number of carbonyl (C=O) groups is 1. The van der Waals surface area contributed by atoms with Gasteiger partial charge in [-0.3, -0.25) is 0 Å². The van der Waals surface area contributed by atoms with Gasteiger partial charge < -0.3 is 14.4 Å². The van der Waals surface area contributed by atoms with Gasteiger partial charge >= 0.3 is 6.09 Å². The van der Waals surface area contributed by atoms with Crippen LogP contribution in [0, 0.1) is 11.6 Å². The van der Waals surface area contributed by atoms with Crippen molar-refractivity contribution in [3.8, 4) is 5.75 Å². The number of halogens is 2. The highest BCUT2D eigenvalue weighted by atomic mass is 19.1. The van der Waals surface area contributed by atoms with Gasteiger partial charge in [-0.25, -0.2) is 13.6 Å². The van der Waals surface area contributed by atoms with Gasteiger partial charge in [-0.05, 0) is 62.6 Å². The Hall–Kier alpha value is -2.63. The van der Waals surface area contributed by atoms with Crippen molar-refractivity contribution in [2.24, 2.45) is 0 Å². The number of carbonyl (C=O) groups excluding carboxylic acids is 1. The fourth-order valence-electron chi connectivity index (χ4n) is 2.93. The van der Waals surface area contributed by atoms with Crippen molar-refractivity contribution in [3.63, 3.8) is 0 Å². The summed E-state index contributed by atoms with van der Waals surface area (Å²) >= 11 is 0. The molecule has 0 unspecified atom stereocenters. The first-order valence-electron chi connectivity index (χ1n) is 8.88. The molecule has 6 heteroatoms. The Labute approximate surface area is 157 Å². The highest BCUT2D eigenvalue weighted by Crippen LogP contribution is 2.26. The Morgan fingerprint density at radius 2 is 1.81 bits per heavy atom. The lowest BCUT2D eigenvalue weighted by Crippen LogP contribution is -2.39. The van der Waals surface area contributed by atoms with Gasteiger partial charge in [-0.1, -0.05) is 12.1 Å². The first-order chi connectivity index (χ1) is 12.7. The van der Waals surface area contributed by atoms with Crippen LogP contribution in [-0.2, 0) is 24.3 Å². The second-order valence-corrected chi connectivity index (χ2v) is 7.57. The van der Waals surface area contributed by atoms with Crippen LogP contribution in [0.1, 0.15) is 37.5 Å². The highest BCUT2D eigenvalue weighted by molar-refractivity contribution is 5.68. The van der Waals surface area contributed by atoms with Crippen LogP contribution in [0.2, 0.25) is 0 Å². The first-order valence-corrected chi connectivity index (χ1v) is 8.88. The summed E-state index contributed by atoms with van der Waals surface area (Å²) in [6.07, 6.45) is 0.365. The molecule has 2 aromatic carbocycles. The number of hydrogen-bond donors (Lipinski definition) is 0. The van der Waals surface area contributed by atoms with Crippen LogP contribution in [-0.4, -0.2) is 23.1 Å². The van der Waals surface area contributed by atoms with Crippen LogP contribution < -0.4 is 4.74 Å². The number of rotatable bonds is 3. The Morgan fingerprint density at radius 1 is 1.11 bits per heavy atom. The SMILES string of the molecule is CC(C)(C)OC(=O)N1CCc2ccc(OCc3c(F)cccc3F)cc2C1. The van der Waals surface area contributed by atoms with E-state index in [0.29, 0.717) is 18.8 Å². The Bertz CT molecular complexity index is 826. The number of hydrogen-bond acceptors (Lipinski definition) is 3. The minimum atomic E-state index is -0.635. The maximum Gasteiger partial charge on any atom is 0.410 e. The molecular weight excluding hydrogens is 352 g/mol. The summed E-state index contributed by atoms with van der Waals surface area (Å²) in [6, 6.07) is 9.24. The molecule has 0 radical (unpaired) electrons. The summed E-state index contributed by atoms with van der Waals surface area (Å²) in [5.41, 5.74) is 1.41. The maximum atomic E-state index is 13.7. The lowest BCUT2D eigenvalue weighted by molar-refractivity contribution is 0.0223. The van der Waals surface area contributed by atoms with Gasteiger partial charge in [0.1, 0.15) is 29.6 Å². The van der Waals surface area contributed by atoms with Crippen molar-refractivity contribution < 1.29 is 23.0 Å². The number of benzene rings is 2. The third-order valence-corrected chi connectivity index (χ3v) is 4.29. The minimum Gasteiger partial charge on any atom is -0.489 e. The molecule has 0 aliphatic carbocycles. The van der Waals surface area contributed by atoms with Crippen LogP contribution in [0.4, 0.5) is 13.6 Å². The van der Waals surface area contributed by atoms with Crippen LogP contribution in [0.25, 0.3) is 0 Å². The summed E-state index contributed by atoms with van der Waals surface area (Å²) < 4.78 is 38.5. The predicted molar refractivity (Wildman–Crippen MR) is 97.5 cm³/mol. The van der Waals surface area contributed by atoms with E-state index in [0.717, 1.165) is 17.5 Å². The topological polar surface area (TPSA) is 38.8 Å². The van der Waals surface area contributed by atoms with E-state index in [9.17, 15) is 13.6 Å². The number of ether oxygens (including phenoxy) is 2. The normalized spacial score (nSPS) is 13.9. The molecule has 1 heterocycles. The van der Waals surface area contributed by atoms with Gasteiger partial charge in [0.25, 0.3) is 0 Å². The van der Waals surface area contributed by atoms with Crippen molar-refractivity contribution in [3.05, 3.63) is 64.7 Å². The summed E-state index contributed by atoms with van der Waals surface area (Å²) in [5, 5.41) is 0. The number of fused-ring (bicyclic) bond motifs is 1. The molecule has 144 valence electrons. The van der Waals surface area contributed by atoms with E-state index in [2.05, 4.69) is 0 Å². The van der Waals surface area contributed by atoms with E-state index in [1.165, 1.54) is 18.2 Å². The third-order valence-electron chi connectivity index (χ3n) is 4.29. The Balaban J connectivity index is 1.70. The second-order valence-electron chi connectivity index (χ2n) is 7.57. The molecule has 1 amide bonds. The van der Waals surface area contributed by atoms with Crippen LogP contribution in [0.15, 0.2) is 36.4 Å². The molecular formula is C21H23F2NO3. The first kappa shape index (κ1) is 19.1. The molecule has 27 heavy (non-hydrogen) atoms. The molecule has 0 saturated carbocycles. The van der Waals surface area contributed by atoms with E-state index in [1.54, 1.807) is 11.0 Å². The smallest absolute Gasteiger partial charge is 0.410 e. The van der Waals surface area contributed by atoms with Crippen LogP contribution in [0.3, 0.4) is 0 Å². The Morgan fingerprint density at radius 3 is 2.48 bits per heavy atom. The molecule has 4 nitrogen and oxygen atoms in total. The van der Waals surface area contributed by atoms with Gasteiger partial charge in [-0.15, -0.1) is 0 Å². The van der Waals surface area contributed by atoms with E-state index < -0.39 is 17.2 Å². The summed E-state index contributed by atoms with van der Waals surface area (Å²) in [6.45, 7) is 6.29. The van der Waals surface area contributed by atoms with Crippen LogP contribution in [0.5, 0.6) is 5.75 Å². The largest absolute Gasteiger partial charge is 0.489 e. The van der Waals surface area contributed by atoms with Gasteiger partial charge in [0.15, 0.2) is 0 Å². The molecule has 1 aliphatic heterocycles. The van der Waals surface area contributed by atoms with Crippen molar-refractivity contribution in [2.75, 3.05) is 6.54 Å². The van der Waals surface area contributed by atoms with E-state index in [-0.39, 0.29) is 18.3 Å². The van der Waals surface area contributed by atoms with Crippen molar-refractivity contribution in [2.45, 2.75) is 45.9 Å². The molecule has 0 fully saturated rings. The molecule has 0 spiro atoms. The minimum absolute atomic E-state index is 0.106. The summed E-state index contributed by atoms with van der Waals surface area (Å²) in [4.78, 5) is 13.9. The van der Waals surface area contributed by atoms with Gasteiger partial charge in [0.2, 0.25) is 0 Å². The van der Waals surface area contributed by atoms with Gasteiger partial charge in [0.05, 0.1) is 5.56 Å². The number of amides is 1. The molecule has 0 saturated heterocycles. The van der Waals surface area contributed by atoms with Crippen molar-refractivity contribution in [1.82, 2.24) is 4.90 Å². The fourth-order valence-corrected chi connectivity index (χ4v) is 2.93. The lowest BCUT2D eigenvalue weighted by atomic mass is 10.00. The lowest BCUT2D eigenvalue weighted by Gasteiger charge is -2.31. The monoisotopic (exact) mass is 375 g/mol. The van der Waals surface area contributed by atoms with Gasteiger partial charge in [0, 0.05) is 13.1 Å². The van der Waals surface area contributed by atoms with E-state index in [1.807, 2.05) is 32.9 Å². The van der Waals surface area contributed by atoms with Crippen molar-refractivity contribution in [1.29, 1.82) is 0 Å². The average molecular weight is 375 g/mol. The predicted octanol–water partition coefficient (Wildman–Crippen LogP) is 4.84. The fraction of sp³-hybridized carbons (Fsp3) is 0.381. The molecule has 2 aromatic rings. The highest BCUT2D eigenvalue weighted by Gasteiger charge is 2.26. The zero-order valence-corrected chi connectivity index (χ0v) is 15.7. The third kappa shape index (κ3) is 4.76. The maximum absolute atomic E-state index is 13.7. The van der Waals surface area contributed by atoms with Gasteiger partial charge in [-0.2, -0.15) is 0 Å². The molecule has 0 N–H and O–H groups in total. The summed E-state index contributed by atoms with van der Waals surface area (Å²) in [5.74, 6) is -0.768. The quantitative estimate of drug-likeness (QED) is 0.771. The molecule has 1 aliphatic rings. The van der Waals surface area contributed by atoms with Crippen molar-refractivity contribution >= 4 is 6.09 Å². The molecule has 0 atom stereocenters. The zero-order valence-electron chi connectivity index (χ0n) is 15.7.